The summed E-state index contributed by atoms with van der Waals surface area (Å²) < 4.78 is 53.4. The number of hydrogen-bond acceptors (Lipinski definition) is 4. The van der Waals surface area contributed by atoms with Gasteiger partial charge in [-0.1, -0.05) is 0 Å². The summed E-state index contributed by atoms with van der Waals surface area (Å²) >= 11 is 3.23. The van der Waals surface area contributed by atoms with E-state index in [1.807, 2.05) is 0 Å². The number of alkyl halides is 4. The van der Waals surface area contributed by atoms with Crippen molar-refractivity contribution >= 4 is 27.5 Å². The zero-order valence-corrected chi connectivity index (χ0v) is 13.5. The Labute approximate surface area is 136 Å². The van der Waals surface area contributed by atoms with Gasteiger partial charge in [-0.05, 0) is 22.9 Å². The van der Waals surface area contributed by atoms with E-state index in [9.17, 15) is 27.5 Å². The van der Waals surface area contributed by atoms with Gasteiger partial charge in [0.2, 0.25) is 11.6 Å². The number of aliphatic hydroxyl groups is 1. The predicted molar refractivity (Wildman–Crippen MR) is 75.1 cm³/mol. The molecule has 2 heterocycles. The molecule has 1 aliphatic heterocycles. The Balaban J connectivity index is 2.11. The van der Waals surface area contributed by atoms with E-state index in [1.165, 1.54) is 4.68 Å². The number of amides is 1. The molecule has 1 amide bonds. The minimum atomic E-state index is -3.42. The summed E-state index contributed by atoms with van der Waals surface area (Å²) in [6, 6.07) is 0. The quantitative estimate of drug-likeness (QED) is 0.769. The minimum Gasteiger partial charge on any atom is -0.364 e. The summed E-state index contributed by atoms with van der Waals surface area (Å²) in [4.78, 5) is 12.0. The van der Waals surface area contributed by atoms with Crippen molar-refractivity contribution in [3.63, 3.8) is 0 Å². The van der Waals surface area contributed by atoms with Gasteiger partial charge in [-0.15, -0.1) is 0 Å². The molecule has 1 aliphatic rings. The van der Waals surface area contributed by atoms with Gasteiger partial charge >= 0.3 is 0 Å². The minimum absolute atomic E-state index is 0.0284. The molecule has 0 unspecified atom stereocenters. The maximum atomic E-state index is 13.0. The number of rotatable bonds is 5. The summed E-state index contributed by atoms with van der Waals surface area (Å²) in [7, 11) is 0. The number of carbonyl (C=O) groups excluding carboxylic acids is 1. The van der Waals surface area contributed by atoms with E-state index in [4.69, 9.17) is 0 Å². The number of aryl methyl sites for hydroxylation is 2. The fourth-order valence-electron chi connectivity index (χ4n) is 2.08. The van der Waals surface area contributed by atoms with E-state index in [0.29, 0.717) is 10.2 Å². The van der Waals surface area contributed by atoms with E-state index in [-0.39, 0.29) is 18.0 Å². The molecule has 0 fully saturated rings. The highest BCUT2D eigenvalue weighted by Gasteiger charge is 2.53. The van der Waals surface area contributed by atoms with Crippen LogP contribution in [0.25, 0.3) is 0 Å². The van der Waals surface area contributed by atoms with Crippen LogP contribution in [0, 0.1) is 6.92 Å². The zero-order chi connectivity index (χ0) is 17.4. The molecule has 6 nitrogen and oxygen atoms in total. The van der Waals surface area contributed by atoms with Gasteiger partial charge in [0.05, 0.1) is 10.2 Å². The molecule has 0 spiro atoms. The number of nitrogens with zero attached hydrogens (tertiary/aromatic N) is 4. The highest BCUT2D eigenvalue weighted by molar-refractivity contribution is 9.10. The van der Waals surface area contributed by atoms with Crippen molar-refractivity contribution in [2.24, 2.45) is 5.10 Å². The molecule has 1 atom stereocenters. The zero-order valence-electron chi connectivity index (χ0n) is 11.9. The fraction of sp³-hybridized carbons (Fsp3) is 0.583. The van der Waals surface area contributed by atoms with Crippen LogP contribution in [0.15, 0.2) is 15.8 Å². The second-order valence-corrected chi connectivity index (χ2v) is 5.88. The Morgan fingerprint density at radius 3 is 2.61 bits per heavy atom. The highest BCUT2D eigenvalue weighted by Crippen LogP contribution is 2.33. The van der Waals surface area contributed by atoms with Crippen LogP contribution in [0.3, 0.4) is 0 Å². The summed E-state index contributed by atoms with van der Waals surface area (Å²) in [6.07, 6.45) is -6.38. The van der Waals surface area contributed by atoms with Crippen molar-refractivity contribution in [2.45, 2.75) is 44.9 Å². The summed E-state index contributed by atoms with van der Waals surface area (Å²) in [5.41, 5.74) is -3.32. The van der Waals surface area contributed by atoms with Gasteiger partial charge in [-0.25, -0.2) is 17.6 Å². The van der Waals surface area contributed by atoms with Gasteiger partial charge in [0.1, 0.15) is 5.71 Å². The molecule has 11 heteroatoms. The lowest BCUT2D eigenvalue weighted by atomic mass is 10.1. The largest absolute Gasteiger partial charge is 0.364 e. The van der Waals surface area contributed by atoms with Crippen LogP contribution in [-0.2, 0) is 11.3 Å². The van der Waals surface area contributed by atoms with Crippen molar-refractivity contribution in [3.05, 3.63) is 16.4 Å². The average Bonchev–Trinajstić information content (AvgIpc) is 2.98. The van der Waals surface area contributed by atoms with E-state index in [2.05, 4.69) is 26.1 Å². The second kappa shape index (κ2) is 6.56. The Hall–Kier alpha value is -1.49. The van der Waals surface area contributed by atoms with E-state index in [0.717, 1.165) is 0 Å². The van der Waals surface area contributed by atoms with Crippen molar-refractivity contribution in [2.75, 3.05) is 0 Å². The molecule has 0 radical (unpaired) electrons. The first kappa shape index (κ1) is 17.9. The molecule has 0 bridgehead atoms. The Bertz CT molecular complexity index is 617. The Morgan fingerprint density at radius 2 is 2.13 bits per heavy atom. The van der Waals surface area contributed by atoms with Crippen molar-refractivity contribution in [1.29, 1.82) is 0 Å². The van der Waals surface area contributed by atoms with Crippen LogP contribution < -0.4 is 0 Å². The topological polar surface area (TPSA) is 70.7 Å². The van der Waals surface area contributed by atoms with Gasteiger partial charge in [-0.2, -0.15) is 15.2 Å². The number of aromatic nitrogens is 2. The van der Waals surface area contributed by atoms with Gasteiger partial charge in [-0.3, -0.25) is 9.48 Å². The third-order valence-corrected chi connectivity index (χ3v) is 4.09. The molecule has 128 valence electrons. The van der Waals surface area contributed by atoms with Crippen LogP contribution in [0.5, 0.6) is 0 Å². The third-order valence-electron chi connectivity index (χ3n) is 3.32. The van der Waals surface area contributed by atoms with Crippen LogP contribution in [0.4, 0.5) is 17.6 Å². The molecule has 2 rings (SSSR count). The predicted octanol–water partition coefficient (Wildman–Crippen LogP) is 2.15. The maximum absolute atomic E-state index is 13.0. The average molecular weight is 401 g/mol. The second-order valence-electron chi connectivity index (χ2n) is 5.03. The van der Waals surface area contributed by atoms with Crippen LogP contribution in [-0.4, -0.2) is 50.1 Å². The SMILES string of the molecule is Cc1nn(CCC(=O)N2N=C(C(F)F)C[C@]2(O)C(F)F)cc1Br. The Morgan fingerprint density at radius 1 is 1.48 bits per heavy atom. The molecule has 0 saturated carbocycles. The monoisotopic (exact) mass is 400 g/mol. The highest BCUT2D eigenvalue weighted by atomic mass is 79.9. The fourth-order valence-corrected chi connectivity index (χ4v) is 2.39. The first-order valence-electron chi connectivity index (χ1n) is 6.54. The molecule has 1 aromatic rings. The molecule has 0 saturated heterocycles. The lowest BCUT2D eigenvalue weighted by Gasteiger charge is -2.30. The molecule has 1 N–H and O–H groups in total. The lowest BCUT2D eigenvalue weighted by molar-refractivity contribution is -0.192. The number of hydrogen-bond donors (Lipinski definition) is 1. The first-order valence-corrected chi connectivity index (χ1v) is 7.33. The number of hydrazone groups is 1. The van der Waals surface area contributed by atoms with Crippen molar-refractivity contribution in [1.82, 2.24) is 14.8 Å². The third kappa shape index (κ3) is 3.55. The molecular weight excluding hydrogens is 388 g/mol. The number of halogens is 5. The van der Waals surface area contributed by atoms with Crippen molar-refractivity contribution in [3.8, 4) is 0 Å². The molecular formula is C12H13BrF4N4O2. The van der Waals surface area contributed by atoms with Crippen molar-refractivity contribution < 1.29 is 27.5 Å². The van der Waals surface area contributed by atoms with Gasteiger partial charge in [0.25, 0.3) is 12.9 Å². The molecule has 23 heavy (non-hydrogen) atoms. The smallest absolute Gasteiger partial charge is 0.287 e. The maximum Gasteiger partial charge on any atom is 0.287 e. The van der Waals surface area contributed by atoms with Gasteiger partial charge < -0.3 is 5.11 Å². The van der Waals surface area contributed by atoms with E-state index in [1.54, 1.807) is 13.1 Å². The van der Waals surface area contributed by atoms with Crippen LogP contribution in [0.2, 0.25) is 0 Å². The standard InChI is InChI=1S/C12H13BrF4N4O2/c1-6-7(13)5-20(18-6)3-2-9(22)21-12(23,11(16)17)4-8(19-21)10(14)15/h5,10-11,23H,2-4H2,1H3/t12-/m0/s1. The summed E-state index contributed by atoms with van der Waals surface area (Å²) in [6.45, 7) is 1.75. The van der Waals surface area contributed by atoms with Gasteiger partial charge in [0, 0.05) is 25.6 Å². The number of carbonyl (C=O) groups is 1. The van der Waals surface area contributed by atoms with E-state index < -0.39 is 36.6 Å². The normalized spacial score (nSPS) is 21.4. The lowest BCUT2D eigenvalue weighted by Crippen LogP contribution is -2.51. The molecule has 0 aromatic carbocycles. The molecule has 0 aliphatic carbocycles. The van der Waals surface area contributed by atoms with Crippen LogP contribution in [0.1, 0.15) is 18.5 Å². The van der Waals surface area contributed by atoms with Gasteiger partial charge in [0.15, 0.2) is 0 Å². The van der Waals surface area contributed by atoms with E-state index >= 15 is 0 Å². The summed E-state index contributed by atoms with van der Waals surface area (Å²) in [5, 5.41) is 17.1. The van der Waals surface area contributed by atoms with Crippen LogP contribution >= 0.6 is 15.9 Å². The Kier molecular flexibility index (Phi) is 5.09. The molecule has 1 aromatic heterocycles. The first-order chi connectivity index (χ1) is 10.6. The summed E-state index contributed by atoms with van der Waals surface area (Å²) in [5.74, 6) is -0.993.